The summed E-state index contributed by atoms with van der Waals surface area (Å²) >= 11 is 0. The minimum atomic E-state index is 0.696. The van der Waals surface area contributed by atoms with Crippen molar-refractivity contribution in [1.82, 2.24) is 4.98 Å². The molecule has 3 rings (SSSR count). The molecule has 0 aliphatic carbocycles. The highest BCUT2D eigenvalue weighted by Gasteiger charge is 2.25. The fourth-order valence-corrected chi connectivity index (χ4v) is 3.40. The SMILES string of the molecule is C=C(C)Cc1c(C)c(C#N)c2[nH]c3ccccc3[n+]2c1NCC[NH+](C)C. The lowest BCUT2D eigenvalue weighted by Crippen LogP contribution is -3.06. The van der Waals surface area contributed by atoms with E-state index in [2.05, 4.69) is 47.5 Å². The molecule has 0 spiro atoms. The Hall–Kier alpha value is -2.84. The van der Waals surface area contributed by atoms with Crippen molar-refractivity contribution in [1.29, 1.82) is 5.26 Å². The number of nitriles is 1. The first-order valence-corrected chi connectivity index (χ1v) is 8.99. The molecule has 2 heterocycles. The third-order valence-corrected chi connectivity index (χ3v) is 4.70. The van der Waals surface area contributed by atoms with Crippen molar-refractivity contribution in [3.8, 4) is 6.07 Å². The minimum absolute atomic E-state index is 0.696. The summed E-state index contributed by atoms with van der Waals surface area (Å²) in [6.07, 6.45) is 0.750. The van der Waals surface area contributed by atoms with Crippen LogP contribution in [0.5, 0.6) is 0 Å². The van der Waals surface area contributed by atoms with Gasteiger partial charge in [0.25, 0.3) is 0 Å². The summed E-state index contributed by atoms with van der Waals surface area (Å²) < 4.78 is 2.16. The van der Waals surface area contributed by atoms with Crippen LogP contribution in [0.3, 0.4) is 0 Å². The number of aromatic amines is 1. The molecule has 5 heteroatoms. The molecule has 26 heavy (non-hydrogen) atoms. The van der Waals surface area contributed by atoms with Gasteiger partial charge < -0.3 is 4.90 Å². The Bertz CT molecular complexity index is 1020. The Morgan fingerprint density at radius 2 is 2.08 bits per heavy atom. The Kier molecular flexibility index (Phi) is 4.97. The van der Waals surface area contributed by atoms with Crippen molar-refractivity contribution in [3.05, 3.63) is 53.1 Å². The lowest BCUT2D eigenvalue weighted by Gasteiger charge is -2.14. The van der Waals surface area contributed by atoms with Crippen molar-refractivity contribution < 1.29 is 9.30 Å². The van der Waals surface area contributed by atoms with Crippen LogP contribution < -0.4 is 14.6 Å². The van der Waals surface area contributed by atoms with Crippen LogP contribution in [0.4, 0.5) is 5.82 Å². The molecule has 0 saturated carbocycles. The van der Waals surface area contributed by atoms with Crippen LogP contribution in [0, 0.1) is 18.3 Å². The summed E-state index contributed by atoms with van der Waals surface area (Å²) in [6.45, 7) is 10.0. The van der Waals surface area contributed by atoms with E-state index in [9.17, 15) is 5.26 Å². The predicted octanol–water partition coefficient (Wildman–Crippen LogP) is 1.76. The summed E-state index contributed by atoms with van der Waals surface area (Å²) in [4.78, 5) is 4.82. The van der Waals surface area contributed by atoms with E-state index in [0.29, 0.717) is 5.56 Å². The third-order valence-electron chi connectivity index (χ3n) is 4.70. The summed E-state index contributed by atoms with van der Waals surface area (Å²) in [7, 11) is 4.30. The van der Waals surface area contributed by atoms with Crippen molar-refractivity contribution in [2.24, 2.45) is 0 Å². The number of nitrogens with one attached hydrogen (secondary N) is 3. The number of rotatable bonds is 6. The molecule has 0 bridgehead atoms. The molecule has 0 radical (unpaired) electrons. The van der Waals surface area contributed by atoms with E-state index in [1.165, 1.54) is 4.90 Å². The van der Waals surface area contributed by atoms with Gasteiger partial charge in [0.1, 0.15) is 35.8 Å². The molecular formula is C21H27N5+2. The lowest BCUT2D eigenvalue weighted by molar-refractivity contribution is -0.856. The Balaban J connectivity index is 2.34. The number of hydrogen-bond donors (Lipinski definition) is 3. The number of quaternary nitrogens is 1. The monoisotopic (exact) mass is 349 g/mol. The molecule has 0 atom stereocenters. The minimum Gasteiger partial charge on any atom is -0.337 e. The zero-order valence-corrected chi connectivity index (χ0v) is 16.0. The van der Waals surface area contributed by atoms with Gasteiger partial charge in [-0.25, -0.2) is 0 Å². The van der Waals surface area contributed by atoms with Crippen LogP contribution >= 0.6 is 0 Å². The largest absolute Gasteiger partial charge is 0.337 e. The van der Waals surface area contributed by atoms with Crippen LogP contribution in [0.15, 0.2) is 36.4 Å². The molecular weight excluding hydrogens is 322 g/mol. The molecule has 5 nitrogen and oxygen atoms in total. The molecule has 0 saturated heterocycles. The first-order valence-electron chi connectivity index (χ1n) is 8.99. The van der Waals surface area contributed by atoms with Gasteiger partial charge in [0.05, 0.1) is 14.1 Å². The Labute approximate surface area is 154 Å². The average Bonchev–Trinajstić information content (AvgIpc) is 2.96. The highest BCUT2D eigenvalue weighted by atomic mass is 15.1. The number of H-pyrrole nitrogens is 1. The van der Waals surface area contributed by atoms with Crippen LogP contribution in [-0.2, 0) is 6.42 Å². The van der Waals surface area contributed by atoms with Gasteiger partial charge in [-0.05, 0) is 38.0 Å². The fourth-order valence-electron chi connectivity index (χ4n) is 3.40. The maximum atomic E-state index is 9.81. The number of aromatic nitrogens is 2. The highest BCUT2D eigenvalue weighted by Crippen LogP contribution is 2.26. The maximum Gasteiger partial charge on any atom is 0.250 e. The molecule has 1 aromatic carbocycles. The standard InChI is InChI=1S/C21H25N5/c1-14(2)12-16-15(3)17(13-22)21-24-18-8-6-7-9-19(18)26(21)20(16)23-10-11-25(4)5/h6-9H,1,10-12H2,2-5H3,(H,23,24)/p+2. The number of hydrogen-bond acceptors (Lipinski definition) is 2. The number of allylic oxidation sites excluding steroid dienone is 1. The number of para-hydroxylation sites is 2. The van der Waals surface area contributed by atoms with E-state index in [1.807, 2.05) is 32.0 Å². The number of anilines is 1. The molecule has 0 amide bonds. The normalized spacial score (nSPS) is 11.2. The second-order valence-electron chi connectivity index (χ2n) is 7.28. The number of fused-ring (bicyclic) bond motifs is 3. The molecule has 0 aliphatic heterocycles. The van der Waals surface area contributed by atoms with Gasteiger partial charge in [-0.15, -0.1) is 0 Å². The fraction of sp³-hybridized carbons (Fsp3) is 0.333. The van der Waals surface area contributed by atoms with Crippen LogP contribution in [0.25, 0.3) is 16.7 Å². The first kappa shape index (κ1) is 18.0. The second-order valence-corrected chi connectivity index (χ2v) is 7.28. The molecule has 134 valence electrons. The number of nitrogens with zero attached hydrogens (tertiary/aromatic N) is 2. The van der Waals surface area contributed by atoms with Gasteiger partial charge in [0.15, 0.2) is 0 Å². The van der Waals surface area contributed by atoms with Gasteiger partial charge in [0, 0.05) is 5.56 Å². The van der Waals surface area contributed by atoms with Gasteiger partial charge in [-0.3, -0.25) is 10.3 Å². The number of benzene rings is 1. The zero-order valence-electron chi connectivity index (χ0n) is 16.0. The lowest BCUT2D eigenvalue weighted by atomic mass is 9.99. The molecule has 0 fully saturated rings. The molecule has 0 unspecified atom stereocenters. The van der Waals surface area contributed by atoms with Gasteiger partial charge >= 0.3 is 0 Å². The molecule has 3 aromatic rings. The van der Waals surface area contributed by atoms with E-state index in [1.54, 1.807) is 0 Å². The molecule has 0 aliphatic rings. The highest BCUT2D eigenvalue weighted by molar-refractivity contribution is 5.78. The molecule has 2 aromatic heterocycles. The van der Waals surface area contributed by atoms with Crippen molar-refractivity contribution in [2.75, 3.05) is 32.5 Å². The van der Waals surface area contributed by atoms with E-state index in [0.717, 1.165) is 58.7 Å². The quantitative estimate of drug-likeness (QED) is 0.469. The third kappa shape index (κ3) is 3.16. The Morgan fingerprint density at radius 3 is 2.73 bits per heavy atom. The average molecular weight is 349 g/mol. The smallest absolute Gasteiger partial charge is 0.250 e. The van der Waals surface area contributed by atoms with E-state index >= 15 is 0 Å². The molecule has 3 N–H and O–H groups in total. The topological polar surface area (TPSA) is 60.1 Å². The first-order chi connectivity index (χ1) is 12.4. The van der Waals surface area contributed by atoms with Crippen molar-refractivity contribution in [2.45, 2.75) is 20.3 Å². The van der Waals surface area contributed by atoms with Crippen LogP contribution in [-0.4, -0.2) is 32.2 Å². The Morgan fingerprint density at radius 1 is 1.35 bits per heavy atom. The second kappa shape index (κ2) is 7.19. The predicted molar refractivity (Wildman–Crippen MR) is 106 cm³/mol. The van der Waals surface area contributed by atoms with E-state index in [-0.39, 0.29) is 0 Å². The number of pyridine rings is 1. The van der Waals surface area contributed by atoms with Crippen molar-refractivity contribution in [3.63, 3.8) is 0 Å². The summed E-state index contributed by atoms with van der Waals surface area (Å²) in [5.41, 5.74) is 6.88. The maximum absolute atomic E-state index is 9.81. The zero-order chi connectivity index (χ0) is 18.8. The van der Waals surface area contributed by atoms with Gasteiger partial charge in [-0.2, -0.15) is 9.66 Å². The summed E-state index contributed by atoms with van der Waals surface area (Å²) in [6, 6.07) is 10.6. The van der Waals surface area contributed by atoms with E-state index < -0.39 is 0 Å². The summed E-state index contributed by atoms with van der Waals surface area (Å²) in [5.74, 6) is 1.05. The van der Waals surface area contributed by atoms with Gasteiger partial charge in [-0.1, -0.05) is 24.3 Å². The van der Waals surface area contributed by atoms with Gasteiger partial charge in [0.2, 0.25) is 11.5 Å². The van der Waals surface area contributed by atoms with Crippen LogP contribution in [0.1, 0.15) is 23.6 Å². The number of imidazole rings is 1. The number of likely N-dealkylation sites (N-methyl/N-ethyl adjacent to an activating group) is 1. The van der Waals surface area contributed by atoms with Crippen molar-refractivity contribution >= 4 is 22.5 Å². The summed E-state index contributed by atoms with van der Waals surface area (Å²) in [5, 5.41) is 13.4. The van der Waals surface area contributed by atoms with E-state index in [4.69, 9.17) is 0 Å². The van der Waals surface area contributed by atoms with Crippen LogP contribution in [0.2, 0.25) is 0 Å².